The van der Waals surface area contributed by atoms with Crippen LogP contribution in [0.25, 0.3) is 0 Å². The van der Waals surface area contributed by atoms with Gasteiger partial charge >= 0.3 is 0 Å². The van der Waals surface area contributed by atoms with Crippen molar-refractivity contribution in [3.8, 4) is 0 Å². The number of aliphatic imine (C=N–C) groups is 1. The van der Waals surface area contributed by atoms with Crippen LogP contribution >= 0.6 is 0 Å². The first-order valence-electron chi connectivity index (χ1n) is 4.92. The average molecular weight is 199 g/mol. The minimum atomic E-state index is 0.0817. The maximum absolute atomic E-state index is 11.4. The molecule has 4 heteroatoms. The van der Waals surface area contributed by atoms with Crippen molar-refractivity contribution in [1.29, 1.82) is 0 Å². The van der Waals surface area contributed by atoms with Gasteiger partial charge in [-0.25, -0.2) is 0 Å². The van der Waals surface area contributed by atoms with Crippen molar-refractivity contribution >= 4 is 11.7 Å². The van der Waals surface area contributed by atoms with Gasteiger partial charge in [0.2, 0.25) is 5.91 Å². The van der Waals surface area contributed by atoms with E-state index in [0.29, 0.717) is 12.4 Å². The van der Waals surface area contributed by atoms with Crippen LogP contribution in [-0.2, 0) is 4.79 Å². The molecule has 0 aromatic rings. The fourth-order valence-electron chi connectivity index (χ4n) is 1.22. The third kappa shape index (κ3) is 5.56. The first-order valence-corrected chi connectivity index (χ1v) is 4.92. The van der Waals surface area contributed by atoms with Crippen LogP contribution in [0.15, 0.2) is 4.99 Å². The summed E-state index contributed by atoms with van der Waals surface area (Å²) in [5.41, 5.74) is 5.39. The summed E-state index contributed by atoms with van der Waals surface area (Å²) in [6, 6.07) is 0. The van der Waals surface area contributed by atoms with Gasteiger partial charge < -0.3 is 10.6 Å². The van der Waals surface area contributed by atoms with Crippen molar-refractivity contribution in [2.45, 2.75) is 26.7 Å². The van der Waals surface area contributed by atoms with Gasteiger partial charge in [0.1, 0.15) is 0 Å². The summed E-state index contributed by atoms with van der Waals surface area (Å²) in [4.78, 5) is 17.1. The molecule has 0 aliphatic rings. The molecule has 0 heterocycles. The van der Waals surface area contributed by atoms with Gasteiger partial charge in [-0.3, -0.25) is 9.79 Å². The molecule has 0 saturated heterocycles. The molecular formula is C10H21N3O. The lowest BCUT2D eigenvalue weighted by atomic mass is 10.0. The second kappa shape index (κ2) is 6.40. The smallest absolute Gasteiger partial charge is 0.224 e. The molecule has 14 heavy (non-hydrogen) atoms. The highest BCUT2D eigenvalue weighted by atomic mass is 16.2. The SMILES string of the molecule is CC(N)=NCCC[C@H](C)C(=O)N(C)C. The van der Waals surface area contributed by atoms with Gasteiger partial charge in [-0.2, -0.15) is 0 Å². The van der Waals surface area contributed by atoms with E-state index in [4.69, 9.17) is 5.73 Å². The van der Waals surface area contributed by atoms with Crippen molar-refractivity contribution in [2.75, 3.05) is 20.6 Å². The lowest BCUT2D eigenvalue weighted by Crippen LogP contribution is -2.28. The van der Waals surface area contributed by atoms with Gasteiger partial charge in [-0.15, -0.1) is 0 Å². The number of hydrogen-bond acceptors (Lipinski definition) is 2. The maximum atomic E-state index is 11.4. The lowest BCUT2D eigenvalue weighted by molar-refractivity contribution is -0.132. The van der Waals surface area contributed by atoms with Gasteiger partial charge in [0.05, 0.1) is 5.84 Å². The highest BCUT2D eigenvalue weighted by Gasteiger charge is 2.13. The van der Waals surface area contributed by atoms with Crippen molar-refractivity contribution in [1.82, 2.24) is 4.90 Å². The number of carbonyl (C=O) groups is 1. The zero-order chi connectivity index (χ0) is 11.1. The molecule has 0 bridgehead atoms. The van der Waals surface area contributed by atoms with Crippen LogP contribution in [-0.4, -0.2) is 37.3 Å². The predicted molar refractivity (Wildman–Crippen MR) is 59.3 cm³/mol. The van der Waals surface area contributed by atoms with E-state index in [1.54, 1.807) is 25.9 Å². The van der Waals surface area contributed by atoms with Crippen LogP contribution in [0.1, 0.15) is 26.7 Å². The van der Waals surface area contributed by atoms with Gasteiger partial charge in [0.15, 0.2) is 0 Å². The Balaban J connectivity index is 3.69. The highest BCUT2D eigenvalue weighted by Crippen LogP contribution is 2.07. The van der Waals surface area contributed by atoms with Crippen LogP contribution < -0.4 is 5.73 Å². The van der Waals surface area contributed by atoms with Gasteiger partial charge in [0, 0.05) is 26.6 Å². The topological polar surface area (TPSA) is 58.7 Å². The van der Waals surface area contributed by atoms with E-state index in [1.165, 1.54) is 0 Å². The van der Waals surface area contributed by atoms with E-state index in [0.717, 1.165) is 12.8 Å². The quantitative estimate of drug-likeness (QED) is 0.406. The molecule has 0 saturated carbocycles. The summed E-state index contributed by atoms with van der Waals surface area (Å²) >= 11 is 0. The Morgan fingerprint density at radius 2 is 2.07 bits per heavy atom. The largest absolute Gasteiger partial charge is 0.388 e. The average Bonchev–Trinajstić information content (AvgIpc) is 2.10. The normalized spacial score (nSPS) is 13.9. The molecule has 0 unspecified atom stereocenters. The number of nitrogens with zero attached hydrogens (tertiary/aromatic N) is 2. The number of hydrogen-bond donors (Lipinski definition) is 1. The Labute approximate surface area is 86.2 Å². The Kier molecular flexibility index (Phi) is 5.92. The zero-order valence-corrected chi connectivity index (χ0v) is 9.58. The number of rotatable bonds is 5. The highest BCUT2D eigenvalue weighted by molar-refractivity contribution is 5.78. The number of amides is 1. The van der Waals surface area contributed by atoms with E-state index >= 15 is 0 Å². The predicted octanol–water partition coefficient (Wildman–Crippen LogP) is 0.868. The molecule has 0 spiro atoms. The molecule has 1 atom stereocenters. The van der Waals surface area contributed by atoms with E-state index in [-0.39, 0.29) is 11.8 Å². The molecule has 1 amide bonds. The van der Waals surface area contributed by atoms with Crippen molar-refractivity contribution in [3.05, 3.63) is 0 Å². The summed E-state index contributed by atoms with van der Waals surface area (Å²) < 4.78 is 0. The molecule has 2 N–H and O–H groups in total. The Bertz CT molecular complexity index is 207. The van der Waals surface area contributed by atoms with Crippen LogP contribution in [0, 0.1) is 5.92 Å². The second-order valence-corrected chi connectivity index (χ2v) is 3.80. The molecular weight excluding hydrogens is 178 g/mol. The summed E-state index contributed by atoms with van der Waals surface area (Å²) in [7, 11) is 3.56. The maximum Gasteiger partial charge on any atom is 0.224 e. The van der Waals surface area contributed by atoms with Gasteiger partial charge in [0.25, 0.3) is 0 Å². The first-order chi connectivity index (χ1) is 6.45. The van der Waals surface area contributed by atoms with E-state index in [9.17, 15) is 4.79 Å². The summed E-state index contributed by atoms with van der Waals surface area (Å²) in [6.07, 6.45) is 1.78. The van der Waals surface area contributed by atoms with Gasteiger partial charge in [-0.05, 0) is 19.8 Å². The second-order valence-electron chi connectivity index (χ2n) is 3.80. The van der Waals surface area contributed by atoms with E-state index < -0.39 is 0 Å². The minimum absolute atomic E-state index is 0.0817. The monoisotopic (exact) mass is 199 g/mol. The van der Waals surface area contributed by atoms with Crippen LogP contribution in [0.5, 0.6) is 0 Å². The van der Waals surface area contributed by atoms with E-state index in [2.05, 4.69) is 4.99 Å². The van der Waals surface area contributed by atoms with Crippen LogP contribution in [0.4, 0.5) is 0 Å². The van der Waals surface area contributed by atoms with Crippen molar-refractivity contribution < 1.29 is 4.79 Å². The molecule has 4 nitrogen and oxygen atoms in total. The van der Waals surface area contributed by atoms with Crippen molar-refractivity contribution in [3.63, 3.8) is 0 Å². The van der Waals surface area contributed by atoms with Gasteiger partial charge in [-0.1, -0.05) is 6.92 Å². The lowest BCUT2D eigenvalue weighted by Gasteiger charge is -2.15. The third-order valence-electron chi connectivity index (χ3n) is 2.02. The fraction of sp³-hybridized carbons (Fsp3) is 0.800. The molecule has 82 valence electrons. The standard InChI is InChI=1S/C10H21N3O/c1-8(10(14)13(3)4)6-5-7-12-9(2)11/h8H,5-7H2,1-4H3,(H2,11,12)/t8-/m0/s1. The summed E-state index contributed by atoms with van der Waals surface area (Å²) in [5.74, 6) is 0.869. The van der Waals surface area contributed by atoms with Crippen LogP contribution in [0.3, 0.4) is 0 Å². The molecule has 0 aliphatic carbocycles. The number of carbonyl (C=O) groups excluding carboxylic acids is 1. The zero-order valence-electron chi connectivity index (χ0n) is 9.58. The molecule has 0 rings (SSSR count). The number of nitrogens with two attached hydrogens (primary N) is 1. The Morgan fingerprint density at radius 1 is 1.50 bits per heavy atom. The number of amidine groups is 1. The molecule has 0 fully saturated rings. The van der Waals surface area contributed by atoms with Crippen LogP contribution in [0.2, 0.25) is 0 Å². The molecule has 0 aromatic carbocycles. The molecule has 0 aromatic heterocycles. The Morgan fingerprint density at radius 3 is 2.50 bits per heavy atom. The Hall–Kier alpha value is -1.06. The summed E-state index contributed by atoms with van der Waals surface area (Å²) in [6.45, 7) is 4.43. The minimum Gasteiger partial charge on any atom is -0.388 e. The molecule has 0 aliphatic heterocycles. The van der Waals surface area contributed by atoms with E-state index in [1.807, 2.05) is 6.92 Å². The molecule has 0 radical (unpaired) electrons. The fourth-order valence-corrected chi connectivity index (χ4v) is 1.22. The summed E-state index contributed by atoms with van der Waals surface area (Å²) in [5, 5.41) is 0. The first kappa shape index (κ1) is 12.9. The third-order valence-corrected chi connectivity index (χ3v) is 2.02. The van der Waals surface area contributed by atoms with Crippen molar-refractivity contribution in [2.24, 2.45) is 16.6 Å².